The molecule has 0 radical (unpaired) electrons. The average Bonchev–Trinajstić information content (AvgIpc) is 2.45. The molecular weight excluding hydrogens is 276 g/mol. The molecule has 20 heavy (non-hydrogen) atoms. The molecule has 1 aromatic carbocycles. The van der Waals surface area contributed by atoms with Gasteiger partial charge in [0.1, 0.15) is 12.4 Å². The summed E-state index contributed by atoms with van der Waals surface area (Å²) in [7, 11) is -3.17. The Balaban J connectivity index is 2.00. The first kappa shape index (κ1) is 14.5. The van der Waals surface area contributed by atoms with Crippen molar-refractivity contribution < 1.29 is 13.2 Å². The van der Waals surface area contributed by atoms with E-state index >= 15 is 0 Å². The van der Waals surface area contributed by atoms with Crippen molar-refractivity contribution in [1.29, 1.82) is 0 Å². The quantitative estimate of drug-likeness (QED) is 0.903. The summed E-state index contributed by atoms with van der Waals surface area (Å²) in [5.41, 5.74) is 7.24. The van der Waals surface area contributed by atoms with Gasteiger partial charge in [-0.25, -0.2) is 8.42 Å². The summed E-state index contributed by atoms with van der Waals surface area (Å²) in [6.45, 7) is 0.782. The molecular formula is C14H16N2O3S. The number of hydrogen-bond donors (Lipinski definition) is 1. The van der Waals surface area contributed by atoms with Crippen molar-refractivity contribution in [3.05, 3.63) is 53.9 Å². The van der Waals surface area contributed by atoms with Gasteiger partial charge < -0.3 is 10.5 Å². The Morgan fingerprint density at radius 3 is 2.35 bits per heavy atom. The molecule has 2 aromatic rings. The number of aromatic nitrogens is 1. The van der Waals surface area contributed by atoms with Crippen molar-refractivity contribution in [3.8, 4) is 5.75 Å². The fraction of sp³-hybridized carbons (Fsp3) is 0.214. The summed E-state index contributed by atoms with van der Waals surface area (Å²) in [4.78, 5) is 4.49. The molecule has 0 spiro atoms. The van der Waals surface area contributed by atoms with Gasteiger partial charge in [-0.2, -0.15) is 0 Å². The lowest BCUT2D eigenvalue weighted by atomic mass is 10.2. The van der Waals surface area contributed by atoms with Crippen LogP contribution in [0.5, 0.6) is 5.75 Å². The Bertz CT molecular complexity index is 665. The largest absolute Gasteiger partial charge is 0.487 e. The zero-order chi connectivity index (χ0) is 14.6. The summed E-state index contributed by atoms with van der Waals surface area (Å²) < 4.78 is 28.2. The lowest BCUT2D eigenvalue weighted by Crippen LogP contribution is -2.02. The number of rotatable bonds is 5. The Hall–Kier alpha value is -1.92. The van der Waals surface area contributed by atoms with Gasteiger partial charge in [-0.15, -0.1) is 0 Å². The standard InChI is InChI=1S/C14H16N2O3S/c1-20(17,18)14-6-4-13(5-7-14)19-10-12-3-2-11(8-15)9-16-12/h2-7,9H,8,10,15H2,1H3. The lowest BCUT2D eigenvalue weighted by Gasteiger charge is -2.07. The van der Waals surface area contributed by atoms with E-state index in [2.05, 4.69) is 4.98 Å². The van der Waals surface area contributed by atoms with E-state index in [1.165, 1.54) is 18.4 Å². The van der Waals surface area contributed by atoms with Gasteiger partial charge in [-0.05, 0) is 35.9 Å². The average molecular weight is 292 g/mol. The number of nitrogens with zero attached hydrogens (tertiary/aromatic N) is 1. The van der Waals surface area contributed by atoms with Gasteiger partial charge in [-0.3, -0.25) is 4.98 Å². The van der Waals surface area contributed by atoms with Gasteiger partial charge in [0.05, 0.1) is 10.6 Å². The molecule has 0 fully saturated rings. The van der Waals surface area contributed by atoms with Crippen LogP contribution in [0.1, 0.15) is 11.3 Å². The van der Waals surface area contributed by atoms with Gasteiger partial charge >= 0.3 is 0 Å². The highest BCUT2D eigenvalue weighted by atomic mass is 32.2. The van der Waals surface area contributed by atoms with Crippen molar-refractivity contribution in [1.82, 2.24) is 4.98 Å². The highest BCUT2D eigenvalue weighted by Gasteiger charge is 2.06. The topological polar surface area (TPSA) is 82.3 Å². The molecule has 0 amide bonds. The van der Waals surface area contributed by atoms with Gasteiger partial charge in [-0.1, -0.05) is 6.07 Å². The van der Waals surface area contributed by atoms with Gasteiger partial charge in [0.25, 0.3) is 0 Å². The van der Waals surface area contributed by atoms with Crippen LogP contribution in [-0.2, 0) is 23.0 Å². The van der Waals surface area contributed by atoms with Crippen molar-refractivity contribution in [2.24, 2.45) is 5.73 Å². The molecule has 1 heterocycles. The number of benzene rings is 1. The normalized spacial score (nSPS) is 11.3. The summed E-state index contributed by atoms with van der Waals surface area (Å²) >= 11 is 0. The maximum Gasteiger partial charge on any atom is 0.175 e. The molecule has 0 saturated carbocycles. The Morgan fingerprint density at radius 2 is 1.85 bits per heavy atom. The van der Waals surface area contributed by atoms with Crippen LogP contribution in [0.4, 0.5) is 0 Å². The Labute approximate surface area is 118 Å². The number of hydrogen-bond acceptors (Lipinski definition) is 5. The van der Waals surface area contributed by atoms with Crippen LogP contribution < -0.4 is 10.5 Å². The van der Waals surface area contributed by atoms with Crippen LogP contribution in [-0.4, -0.2) is 19.7 Å². The molecule has 0 aliphatic heterocycles. The number of pyridine rings is 1. The second-order valence-corrected chi connectivity index (χ2v) is 6.41. The van der Waals surface area contributed by atoms with E-state index in [1.807, 2.05) is 12.1 Å². The first-order valence-corrected chi connectivity index (χ1v) is 7.95. The molecule has 0 aliphatic carbocycles. The highest BCUT2D eigenvalue weighted by Crippen LogP contribution is 2.16. The number of nitrogens with two attached hydrogens (primary N) is 1. The molecule has 0 unspecified atom stereocenters. The van der Waals surface area contributed by atoms with Crippen molar-refractivity contribution in [2.75, 3.05) is 6.26 Å². The van der Waals surface area contributed by atoms with Crippen LogP contribution in [0.2, 0.25) is 0 Å². The molecule has 106 valence electrons. The van der Waals surface area contributed by atoms with Gasteiger partial charge in [0.15, 0.2) is 9.84 Å². The van der Waals surface area contributed by atoms with Crippen LogP contribution in [0.15, 0.2) is 47.5 Å². The molecule has 0 aliphatic rings. The van der Waals surface area contributed by atoms with Crippen LogP contribution in [0.25, 0.3) is 0 Å². The monoisotopic (exact) mass is 292 g/mol. The number of sulfone groups is 1. The Kier molecular flexibility index (Phi) is 4.36. The minimum Gasteiger partial charge on any atom is -0.487 e. The predicted octanol–water partition coefficient (Wildman–Crippen LogP) is 1.52. The van der Waals surface area contributed by atoms with E-state index in [4.69, 9.17) is 10.5 Å². The smallest absolute Gasteiger partial charge is 0.175 e. The molecule has 0 saturated heterocycles. The summed E-state index contributed by atoms with van der Waals surface area (Å²) in [6, 6.07) is 10.1. The molecule has 2 N–H and O–H groups in total. The van der Waals surface area contributed by atoms with Gasteiger partial charge in [0.2, 0.25) is 0 Å². The second kappa shape index (κ2) is 6.02. The highest BCUT2D eigenvalue weighted by molar-refractivity contribution is 7.90. The van der Waals surface area contributed by atoms with Gasteiger partial charge in [0, 0.05) is 19.0 Å². The third kappa shape index (κ3) is 3.79. The second-order valence-electron chi connectivity index (χ2n) is 4.39. The summed E-state index contributed by atoms with van der Waals surface area (Å²) in [6.07, 6.45) is 2.89. The lowest BCUT2D eigenvalue weighted by molar-refractivity contribution is 0.301. The fourth-order valence-electron chi connectivity index (χ4n) is 1.60. The molecule has 6 heteroatoms. The molecule has 5 nitrogen and oxygen atoms in total. The van der Waals surface area contributed by atoms with E-state index in [1.54, 1.807) is 18.3 Å². The van der Waals surface area contributed by atoms with Crippen molar-refractivity contribution in [2.45, 2.75) is 18.0 Å². The van der Waals surface area contributed by atoms with Crippen molar-refractivity contribution in [3.63, 3.8) is 0 Å². The predicted molar refractivity (Wildman–Crippen MR) is 76.0 cm³/mol. The van der Waals surface area contributed by atoms with Crippen molar-refractivity contribution >= 4 is 9.84 Å². The van der Waals surface area contributed by atoms with E-state index in [9.17, 15) is 8.42 Å². The molecule has 2 rings (SSSR count). The zero-order valence-electron chi connectivity index (χ0n) is 11.1. The van der Waals surface area contributed by atoms with Crippen LogP contribution in [0, 0.1) is 0 Å². The first-order chi connectivity index (χ1) is 9.49. The van der Waals surface area contributed by atoms with E-state index < -0.39 is 9.84 Å². The summed E-state index contributed by atoms with van der Waals surface area (Å²) in [5, 5.41) is 0. The zero-order valence-corrected chi connectivity index (χ0v) is 11.9. The third-order valence-corrected chi connectivity index (χ3v) is 3.89. The maximum atomic E-state index is 11.3. The Morgan fingerprint density at radius 1 is 1.15 bits per heavy atom. The van der Waals surface area contributed by atoms with E-state index in [-0.39, 0.29) is 4.90 Å². The molecule has 1 aromatic heterocycles. The molecule has 0 bridgehead atoms. The fourth-order valence-corrected chi connectivity index (χ4v) is 2.23. The summed E-state index contributed by atoms with van der Waals surface area (Å²) in [5.74, 6) is 0.599. The van der Waals surface area contributed by atoms with Crippen LogP contribution in [0.3, 0.4) is 0 Å². The van der Waals surface area contributed by atoms with E-state index in [0.29, 0.717) is 18.9 Å². The maximum absolute atomic E-state index is 11.3. The van der Waals surface area contributed by atoms with E-state index in [0.717, 1.165) is 11.3 Å². The minimum absolute atomic E-state index is 0.273. The number of ether oxygens (including phenoxy) is 1. The SMILES string of the molecule is CS(=O)(=O)c1ccc(OCc2ccc(CN)cn2)cc1. The minimum atomic E-state index is -3.17. The molecule has 0 atom stereocenters. The third-order valence-electron chi connectivity index (χ3n) is 2.76. The first-order valence-electron chi connectivity index (χ1n) is 6.06. The van der Waals surface area contributed by atoms with Crippen LogP contribution >= 0.6 is 0 Å².